The zero-order valence-corrected chi connectivity index (χ0v) is 8.71. The third-order valence-electron chi connectivity index (χ3n) is 4.57. The van der Waals surface area contributed by atoms with Crippen LogP contribution in [0.3, 0.4) is 0 Å². The quantitative estimate of drug-likeness (QED) is 0.630. The first-order valence-corrected chi connectivity index (χ1v) is 6.10. The minimum Gasteiger partial charge on any atom is -0.297 e. The Hall–Kier alpha value is -0.0400. The second kappa shape index (κ2) is 2.98. The molecule has 1 heteroatoms. The largest absolute Gasteiger partial charge is 0.297 e. The molecular weight excluding hydrogens is 158 g/mol. The first kappa shape index (κ1) is 8.28. The molecule has 0 spiro atoms. The van der Waals surface area contributed by atoms with E-state index in [9.17, 15) is 0 Å². The Kier molecular flexibility index (Phi) is 1.90. The van der Waals surface area contributed by atoms with Crippen molar-refractivity contribution in [2.24, 2.45) is 11.8 Å². The molecular formula is C12H21N. The molecule has 2 bridgehead atoms. The highest BCUT2D eigenvalue weighted by Gasteiger charge is 2.41. The van der Waals surface area contributed by atoms with Gasteiger partial charge in [-0.15, -0.1) is 0 Å². The molecule has 1 aliphatic carbocycles. The minimum absolute atomic E-state index is 0.992. The van der Waals surface area contributed by atoms with Gasteiger partial charge in [-0.1, -0.05) is 13.3 Å². The van der Waals surface area contributed by atoms with Crippen molar-refractivity contribution < 1.29 is 0 Å². The molecule has 0 amide bonds. The van der Waals surface area contributed by atoms with Gasteiger partial charge in [-0.05, 0) is 43.9 Å². The van der Waals surface area contributed by atoms with Gasteiger partial charge in [0.05, 0.1) is 0 Å². The van der Waals surface area contributed by atoms with Crippen LogP contribution in [0.4, 0.5) is 0 Å². The second-order valence-corrected chi connectivity index (χ2v) is 5.49. The van der Waals surface area contributed by atoms with Crippen molar-refractivity contribution in [2.45, 2.75) is 57.5 Å². The fourth-order valence-electron chi connectivity index (χ4n) is 3.45. The zero-order valence-electron chi connectivity index (χ0n) is 8.71. The highest BCUT2D eigenvalue weighted by Crippen LogP contribution is 2.43. The van der Waals surface area contributed by atoms with Crippen molar-refractivity contribution in [3.05, 3.63) is 0 Å². The van der Waals surface area contributed by atoms with Gasteiger partial charge < -0.3 is 0 Å². The maximum Gasteiger partial charge on any atom is 0.00989 e. The van der Waals surface area contributed by atoms with Gasteiger partial charge in [0.25, 0.3) is 0 Å². The Bertz CT molecular complexity index is 185. The van der Waals surface area contributed by atoms with Crippen LogP contribution in [-0.4, -0.2) is 23.5 Å². The lowest BCUT2D eigenvalue weighted by Crippen LogP contribution is -2.40. The maximum atomic E-state index is 2.86. The highest BCUT2D eigenvalue weighted by atomic mass is 15.2. The van der Waals surface area contributed by atoms with Gasteiger partial charge in [-0.2, -0.15) is 0 Å². The molecule has 0 radical (unpaired) electrons. The fraction of sp³-hybridized carbons (Fsp3) is 1.00. The third-order valence-corrected chi connectivity index (χ3v) is 4.57. The molecule has 1 nitrogen and oxygen atoms in total. The summed E-state index contributed by atoms with van der Waals surface area (Å²) < 4.78 is 0. The van der Waals surface area contributed by atoms with Crippen LogP contribution in [0.25, 0.3) is 0 Å². The predicted molar refractivity (Wildman–Crippen MR) is 54.6 cm³/mol. The summed E-state index contributed by atoms with van der Waals surface area (Å²) in [6.07, 6.45) is 9.02. The minimum atomic E-state index is 0.992. The Morgan fingerprint density at radius 1 is 1.08 bits per heavy atom. The van der Waals surface area contributed by atoms with Crippen molar-refractivity contribution in [1.29, 1.82) is 0 Å². The van der Waals surface area contributed by atoms with Crippen LogP contribution in [0, 0.1) is 11.8 Å². The van der Waals surface area contributed by atoms with Gasteiger partial charge in [0.2, 0.25) is 0 Å². The third kappa shape index (κ3) is 1.41. The summed E-state index contributed by atoms with van der Waals surface area (Å²) in [5.41, 5.74) is 0. The van der Waals surface area contributed by atoms with E-state index in [1.165, 1.54) is 45.1 Å². The number of nitrogens with zero attached hydrogens (tertiary/aromatic N) is 1. The summed E-state index contributed by atoms with van der Waals surface area (Å²) in [7, 11) is 0. The Morgan fingerprint density at radius 2 is 1.69 bits per heavy atom. The standard InChI is InChI=1S/C12H21N/c1-9-7-10(9)8-13-11-3-2-4-12(13)6-5-11/h9-12H,2-8H2,1H3. The van der Waals surface area contributed by atoms with Crippen molar-refractivity contribution in [2.75, 3.05) is 6.54 Å². The molecule has 2 heterocycles. The van der Waals surface area contributed by atoms with Gasteiger partial charge in [0.15, 0.2) is 0 Å². The monoisotopic (exact) mass is 179 g/mol. The Balaban J connectivity index is 1.63. The normalized spacial score (nSPS) is 49.6. The first-order chi connectivity index (χ1) is 6.34. The van der Waals surface area contributed by atoms with Crippen LogP contribution in [0.1, 0.15) is 45.4 Å². The van der Waals surface area contributed by atoms with E-state index in [0.717, 1.165) is 23.9 Å². The topological polar surface area (TPSA) is 3.24 Å². The van der Waals surface area contributed by atoms with Crippen LogP contribution >= 0.6 is 0 Å². The molecule has 0 aromatic heterocycles. The summed E-state index contributed by atoms with van der Waals surface area (Å²) in [6, 6.07) is 1.98. The van der Waals surface area contributed by atoms with Gasteiger partial charge >= 0.3 is 0 Å². The van der Waals surface area contributed by atoms with Gasteiger partial charge in [0, 0.05) is 18.6 Å². The van der Waals surface area contributed by atoms with E-state index >= 15 is 0 Å². The average molecular weight is 179 g/mol. The lowest BCUT2D eigenvalue weighted by Gasteiger charge is -2.34. The number of piperidine rings is 1. The molecule has 0 aromatic rings. The van der Waals surface area contributed by atoms with E-state index in [0.29, 0.717) is 0 Å². The number of hydrogen-bond donors (Lipinski definition) is 0. The highest BCUT2D eigenvalue weighted by molar-refractivity contribution is 4.95. The molecule has 4 unspecified atom stereocenters. The van der Waals surface area contributed by atoms with Crippen molar-refractivity contribution >= 4 is 0 Å². The molecule has 4 atom stereocenters. The van der Waals surface area contributed by atoms with Crippen molar-refractivity contribution in [3.8, 4) is 0 Å². The van der Waals surface area contributed by atoms with Crippen LogP contribution < -0.4 is 0 Å². The van der Waals surface area contributed by atoms with E-state index in [4.69, 9.17) is 0 Å². The molecule has 2 aliphatic heterocycles. The van der Waals surface area contributed by atoms with E-state index in [2.05, 4.69) is 11.8 Å². The summed E-state index contributed by atoms with van der Waals surface area (Å²) in [5.74, 6) is 2.11. The fourth-order valence-corrected chi connectivity index (χ4v) is 3.45. The summed E-state index contributed by atoms with van der Waals surface area (Å²) in [4.78, 5) is 2.86. The van der Waals surface area contributed by atoms with E-state index in [1.54, 1.807) is 0 Å². The van der Waals surface area contributed by atoms with Crippen molar-refractivity contribution in [3.63, 3.8) is 0 Å². The molecule has 2 saturated heterocycles. The SMILES string of the molecule is CC1CC1CN1C2CCCC1CC2. The van der Waals surface area contributed by atoms with Crippen molar-refractivity contribution in [1.82, 2.24) is 4.90 Å². The van der Waals surface area contributed by atoms with Gasteiger partial charge in [-0.3, -0.25) is 4.90 Å². The average Bonchev–Trinajstić information content (AvgIpc) is 2.76. The Labute approximate surface area is 81.5 Å². The van der Waals surface area contributed by atoms with E-state index < -0.39 is 0 Å². The predicted octanol–water partition coefficient (Wildman–Crippen LogP) is 2.66. The lowest BCUT2D eigenvalue weighted by molar-refractivity contribution is 0.132. The summed E-state index contributed by atoms with van der Waals surface area (Å²) in [5, 5.41) is 0. The zero-order chi connectivity index (χ0) is 8.84. The first-order valence-electron chi connectivity index (χ1n) is 6.10. The smallest absolute Gasteiger partial charge is 0.00989 e. The molecule has 3 fully saturated rings. The molecule has 0 N–H and O–H groups in total. The van der Waals surface area contributed by atoms with Gasteiger partial charge in [-0.25, -0.2) is 0 Å². The molecule has 1 saturated carbocycles. The van der Waals surface area contributed by atoms with Crippen LogP contribution in [-0.2, 0) is 0 Å². The number of rotatable bonds is 2. The summed E-state index contributed by atoms with van der Waals surface area (Å²) >= 11 is 0. The number of hydrogen-bond acceptors (Lipinski definition) is 1. The van der Waals surface area contributed by atoms with E-state index in [1.807, 2.05) is 0 Å². The van der Waals surface area contributed by atoms with Crippen LogP contribution in [0.5, 0.6) is 0 Å². The summed E-state index contributed by atoms with van der Waals surface area (Å²) in [6.45, 7) is 3.85. The van der Waals surface area contributed by atoms with Crippen LogP contribution in [0.15, 0.2) is 0 Å². The van der Waals surface area contributed by atoms with Gasteiger partial charge in [0.1, 0.15) is 0 Å². The lowest BCUT2D eigenvalue weighted by atomic mass is 10.0. The molecule has 3 aliphatic rings. The molecule has 0 aromatic carbocycles. The number of fused-ring (bicyclic) bond motifs is 2. The molecule has 74 valence electrons. The molecule has 13 heavy (non-hydrogen) atoms. The maximum absolute atomic E-state index is 2.86. The molecule has 3 rings (SSSR count). The second-order valence-electron chi connectivity index (χ2n) is 5.49. The van der Waals surface area contributed by atoms with Crippen LogP contribution in [0.2, 0.25) is 0 Å². The van der Waals surface area contributed by atoms with E-state index in [-0.39, 0.29) is 0 Å². The Morgan fingerprint density at radius 3 is 2.23 bits per heavy atom.